The van der Waals surface area contributed by atoms with E-state index in [1.807, 2.05) is 18.2 Å². The molecule has 0 spiro atoms. The fourth-order valence-electron chi connectivity index (χ4n) is 3.92. The predicted octanol–water partition coefficient (Wildman–Crippen LogP) is 6.01. The van der Waals surface area contributed by atoms with Gasteiger partial charge in [0.15, 0.2) is 0 Å². The third kappa shape index (κ3) is 2.41. The molecule has 1 unspecified atom stereocenters. The van der Waals surface area contributed by atoms with Crippen molar-refractivity contribution in [1.29, 1.82) is 0 Å². The smallest absolute Gasteiger partial charge is 0.129 e. The van der Waals surface area contributed by atoms with Crippen LogP contribution in [0.1, 0.15) is 28.2 Å². The first-order chi connectivity index (χ1) is 12.7. The van der Waals surface area contributed by atoms with E-state index in [-0.39, 0.29) is 5.92 Å². The molecule has 3 aromatic carbocycles. The molecule has 2 heterocycles. The van der Waals surface area contributed by atoms with Crippen LogP contribution < -0.4 is 10.1 Å². The molecule has 0 bridgehead atoms. The molecule has 26 heavy (non-hydrogen) atoms. The van der Waals surface area contributed by atoms with Gasteiger partial charge in [-0.2, -0.15) is 0 Å². The average Bonchev–Trinajstić information content (AvgIpc) is 2.67. The van der Waals surface area contributed by atoms with E-state index in [0.29, 0.717) is 6.61 Å². The van der Waals surface area contributed by atoms with Gasteiger partial charge in [0.1, 0.15) is 12.4 Å². The molecule has 5 rings (SSSR count). The van der Waals surface area contributed by atoms with Crippen molar-refractivity contribution < 1.29 is 4.74 Å². The zero-order valence-electron chi connectivity index (χ0n) is 14.4. The molecule has 0 fully saturated rings. The Kier molecular flexibility index (Phi) is 3.54. The van der Waals surface area contributed by atoms with Gasteiger partial charge < -0.3 is 10.1 Å². The first-order valence-electron chi connectivity index (χ1n) is 8.79. The molecule has 128 valence electrons. The van der Waals surface area contributed by atoms with Gasteiger partial charge in [0, 0.05) is 27.8 Å². The highest BCUT2D eigenvalue weighted by molar-refractivity contribution is 6.30. The third-order valence-electron chi connectivity index (χ3n) is 5.20. The van der Waals surface area contributed by atoms with Gasteiger partial charge in [0.2, 0.25) is 0 Å². The molecule has 3 aromatic rings. The molecule has 0 radical (unpaired) electrons. The van der Waals surface area contributed by atoms with Crippen LogP contribution in [0.5, 0.6) is 5.75 Å². The lowest BCUT2D eigenvalue weighted by atomic mass is 9.79. The quantitative estimate of drug-likeness (QED) is 0.574. The van der Waals surface area contributed by atoms with Crippen LogP contribution in [0.3, 0.4) is 0 Å². The second-order valence-electron chi connectivity index (χ2n) is 6.89. The summed E-state index contributed by atoms with van der Waals surface area (Å²) in [6.45, 7) is 2.69. The zero-order chi connectivity index (χ0) is 17.7. The van der Waals surface area contributed by atoms with E-state index in [9.17, 15) is 0 Å². The molecule has 2 aliphatic rings. The number of para-hydroxylation sites is 1. The maximum atomic E-state index is 6.34. The van der Waals surface area contributed by atoms with Gasteiger partial charge in [-0.15, -0.1) is 0 Å². The molecule has 0 amide bonds. The Balaban J connectivity index is 1.75. The van der Waals surface area contributed by atoms with Gasteiger partial charge in [-0.25, -0.2) is 0 Å². The topological polar surface area (TPSA) is 21.3 Å². The van der Waals surface area contributed by atoms with Crippen LogP contribution in [0.25, 0.3) is 5.70 Å². The average molecular weight is 360 g/mol. The Morgan fingerprint density at radius 1 is 1.00 bits per heavy atom. The van der Waals surface area contributed by atoms with Crippen molar-refractivity contribution in [3.8, 4) is 5.75 Å². The number of rotatable bonds is 1. The summed E-state index contributed by atoms with van der Waals surface area (Å²) in [6.07, 6.45) is 0. The second-order valence-corrected chi connectivity index (χ2v) is 7.32. The number of fused-ring (bicyclic) bond motifs is 3. The zero-order valence-corrected chi connectivity index (χ0v) is 15.2. The summed E-state index contributed by atoms with van der Waals surface area (Å²) in [4.78, 5) is 0. The second kappa shape index (κ2) is 5.93. The highest BCUT2D eigenvalue weighted by atomic mass is 35.5. The molecule has 2 aliphatic heterocycles. The van der Waals surface area contributed by atoms with Gasteiger partial charge in [-0.05, 0) is 48.4 Å². The summed E-state index contributed by atoms with van der Waals surface area (Å²) in [7, 11) is 0. The SMILES string of the molecule is Cc1ccc(C2C3=C(Nc4ccc(Cl)cc42)c2ccccc2OC3)cc1. The van der Waals surface area contributed by atoms with Crippen molar-refractivity contribution in [2.24, 2.45) is 0 Å². The highest BCUT2D eigenvalue weighted by Gasteiger charge is 2.33. The van der Waals surface area contributed by atoms with E-state index in [0.717, 1.165) is 27.7 Å². The van der Waals surface area contributed by atoms with Gasteiger partial charge in [-0.1, -0.05) is 53.6 Å². The summed E-state index contributed by atoms with van der Waals surface area (Å²) in [5.74, 6) is 1.06. The van der Waals surface area contributed by atoms with E-state index in [4.69, 9.17) is 16.3 Å². The molecule has 2 nitrogen and oxygen atoms in total. The Bertz CT molecular complexity index is 1040. The molecule has 0 aliphatic carbocycles. The first kappa shape index (κ1) is 15.5. The Morgan fingerprint density at radius 2 is 1.81 bits per heavy atom. The summed E-state index contributed by atoms with van der Waals surface area (Å²) >= 11 is 6.34. The number of hydrogen-bond donors (Lipinski definition) is 1. The van der Waals surface area contributed by atoms with Crippen LogP contribution in [0, 0.1) is 6.92 Å². The van der Waals surface area contributed by atoms with Crippen LogP contribution >= 0.6 is 11.6 Å². The highest BCUT2D eigenvalue weighted by Crippen LogP contribution is 2.48. The monoisotopic (exact) mass is 359 g/mol. The van der Waals surface area contributed by atoms with Crippen molar-refractivity contribution in [3.63, 3.8) is 0 Å². The fourth-order valence-corrected chi connectivity index (χ4v) is 4.10. The van der Waals surface area contributed by atoms with Crippen molar-refractivity contribution in [1.82, 2.24) is 0 Å². The van der Waals surface area contributed by atoms with Crippen LogP contribution in [0.15, 0.2) is 72.3 Å². The van der Waals surface area contributed by atoms with Gasteiger partial charge in [0.25, 0.3) is 0 Å². The number of halogens is 1. The summed E-state index contributed by atoms with van der Waals surface area (Å²) < 4.78 is 6.08. The molecule has 3 heteroatoms. The van der Waals surface area contributed by atoms with Crippen molar-refractivity contribution in [2.75, 3.05) is 11.9 Å². The summed E-state index contributed by atoms with van der Waals surface area (Å²) in [5, 5.41) is 4.39. The van der Waals surface area contributed by atoms with Crippen LogP contribution in [0.2, 0.25) is 5.02 Å². The molecule has 0 aromatic heterocycles. The van der Waals surface area contributed by atoms with E-state index in [1.165, 1.54) is 22.3 Å². The van der Waals surface area contributed by atoms with Gasteiger partial charge in [-0.3, -0.25) is 0 Å². The number of anilines is 1. The number of benzene rings is 3. The number of aryl methyl sites for hydroxylation is 1. The lowest BCUT2D eigenvalue weighted by Crippen LogP contribution is -2.25. The van der Waals surface area contributed by atoms with Crippen LogP contribution in [-0.2, 0) is 0 Å². The van der Waals surface area contributed by atoms with Crippen molar-refractivity contribution in [3.05, 3.63) is 99.6 Å². The molecule has 0 saturated heterocycles. The largest absolute Gasteiger partial charge is 0.488 e. The summed E-state index contributed by atoms with van der Waals surface area (Å²) in [5.41, 5.74) is 8.35. The van der Waals surface area contributed by atoms with Gasteiger partial charge in [0.05, 0.1) is 5.70 Å². The normalized spacial score (nSPS) is 17.5. The van der Waals surface area contributed by atoms with Gasteiger partial charge >= 0.3 is 0 Å². The Hall–Kier alpha value is -2.71. The summed E-state index contributed by atoms with van der Waals surface area (Å²) in [6, 6.07) is 23.0. The van der Waals surface area contributed by atoms with Crippen molar-refractivity contribution >= 4 is 23.0 Å². The van der Waals surface area contributed by atoms with E-state index < -0.39 is 0 Å². The number of ether oxygens (including phenoxy) is 1. The maximum absolute atomic E-state index is 6.34. The minimum atomic E-state index is 0.133. The molecule has 0 saturated carbocycles. The van der Waals surface area contributed by atoms with Crippen LogP contribution in [0.4, 0.5) is 5.69 Å². The number of nitrogens with one attached hydrogen (secondary N) is 1. The first-order valence-corrected chi connectivity index (χ1v) is 9.17. The molecular weight excluding hydrogens is 342 g/mol. The van der Waals surface area contributed by atoms with E-state index >= 15 is 0 Å². The van der Waals surface area contributed by atoms with E-state index in [2.05, 4.69) is 60.8 Å². The molecule has 1 N–H and O–H groups in total. The lowest BCUT2D eigenvalue weighted by Gasteiger charge is -2.36. The standard InChI is InChI=1S/C23H18ClNO/c1-14-6-8-15(9-7-14)22-18-12-16(24)10-11-20(18)25-23-17-4-2-3-5-21(17)26-13-19(22)23/h2-12,22,25H,13H2,1H3. The predicted molar refractivity (Wildman–Crippen MR) is 107 cm³/mol. The molecule has 1 atom stereocenters. The van der Waals surface area contributed by atoms with Crippen LogP contribution in [-0.4, -0.2) is 6.61 Å². The fraction of sp³-hybridized carbons (Fsp3) is 0.130. The Labute approximate surface area is 158 Å². The lowest BCUT2D eigenvalue weighted by molar-refractivity contribution is 0.339. The van der Waals surface area contributed by atoms with Crippen molar-refractivity contribution in [2.45, 2.75) is 12.8 Å². The Morgan fingerprint density at radius 3 is 2.65 bits per heavy atom. The third-order valence-corrected chi connectivity index (χ3v) is 5.44. The minimum absolute atomic E-state index is 0.133. The van der Waals surface area contributed by atoms with E-state index in [1.54, 1.807) is 0 Å². The number of hydrogen-bond acceptors (Lipinski definition) is 2. The molecular formula is C23H18ClNO. The maximum Gasteiger partial charge on any atom is 0.129 e. The minimum Gasteiger partial charge on any atom is -0.488 e.